The van der Waals surface area contributed by atoms with E-state index in [1.165, 1.54) is 193 Å². The molecule has 6 heteroatoms. The van der Waals surface area contributed by atoms with Gasteiger partial charge in [0.15, 0.2) is 0 Å². The average Bonchev–Trinajstić information content (AvgIpc) is 3.21. The van der Waals surface area contributed by atoms with Crippen LogP contribution in [0.25, 0.3) is 0 Å². The van der Waals surface area contributed by atoms with Crippen molar-refractivity contribution in [2.45, 2.75) is 289 Å². The van der Waals surface area contributed by atoms with E-state index in [1.807, 2.05) is 6.08 Å². The molecule has 0 aliphatic carbocycles. The molecular weight excluding hydrogens is 707 g/mol. The van der Waals surface area contributed by atoms with Crippen LogP contribution >= 0.6 is 0 Å². The van der Waals surface area contributed by atoms with E-state index in [-0.39, 0.29) is 18.5 Å². The third-order valence-electron chi connectivity index (χ3n) is 11.8. The summed E-state index contributed by atoms with van der Waals surface area (Å²) in [7, 11) is 0. The molecule has 0 aromatic carbocycles. The monoisotopic (exact) mass is 806 g/mol. The van der Waals surface area contributed by atoms with Gasteiger partial charge < -0.3 is 20.3 Å². The number of carbonyl (C=O) groups is 2. The quantitative estimate of drug-likeness (QED) is 0.0323. The van der Waals surface area contributed by atoms with Gasteiger partial charge in [-0.15, -0.1) is 0 Å². The Morgan fingerprint density at radius 2 is 0.807 bits per heavy atom. The molecule has 0 spiro atoms. The zero-order chi connectivity index (χ0) is 41.5. The Morgan fingerprint density at radius 1 is 0.474 bits per heavy atom. The first kappa shape index (κ1) is 55.6. The van der Waals surface area contributed by atoms with Crippen molar-refractivity contribution in [1.82, 2.24) is 5.32 Å². The lowest BCUT2D eigenvalue weighted by Gasteiger charge is -2.20. The van der Waals surface area contributed by atoms with Gasteiger partial charge >= 0.3 is 5.97 Å². The van der Waals surface area contributed by atoms with E-state index in [2.05, 4.69) is 19.2 Å². The summed E-state index contributed by atoms with van der Waals surface area (Å²) in [6.45, 7) is 4.88. The Hall–Kier alpha value is -1.40. The van der Waals surface area contributed by atoms with Crippen LogP contribution in [0.4, 0.5) is 0 Å². The van der Waals surface area contributed by atoms with Gasteiger partial charge in [0.05, 0.1) is 25.4 Å². The molecule has 0 fully saturated rings. The summed E-state index contributed by atoms with van der Waals surface area (Å²) in [4.78, 5) is 24.4. The van der Waals surface area contributed by atoms with Gasteiger partial charge in [-0.05, 0) is 32.1 Å². The molecule has 0 saturated carbocycles. The summed E-state index contributed by atoms with van der Waals surface area (Å²) in [5.41, 5.74) is 0. The molecule has 0 aliphatic heterocycles. The molecule has 0 rings (SSSR count). The fourth-order valence-corrected chi connectivity index (χ4v) is 7.87. The number of aliphatic hydroxyl groups is 2. The molecule has 0 aromatic rings. The van der Waals surface area contributed by atoms with E-state index in [4.69, 9.17) is 4.74 Å². The van der Waals surface area contributed by atoms with E-state index in [1.54, 1.807) is 6.08 Å². The summed E-state index contributed by atoms with van der Waals surface area (Å²) in [6, 6.07) is -0.635. The van der Waals surface area contributed by atoms with E-state index in [0.29, 0.717) is 19.4 Å². The largest absolute Gasteiger partial charge is 0.466 e. The maximum atomic E-state index is 12.4. The predicted molar refractivity (Wildman–Crippen MR) is 246 cm³/mol. The highest BCUT2D eigenvalue weighted by atomic mass is 16.5. The molecule has 0 aromatic heterocycles. The van der Waals surface area contributed by atoms with Crippen LogP contribution in [0, 0.1) is 0 Å². The van der Waals surface area contributed by atoms with Crippen LogP contribution in [0.1, 0.15) is 277 Å². The van der Waals surface area contributed by atoms with Gasteiger partial charge in [0.25, 0.3) is 0 Å². The molecule has 2 unspecified atom stereocenters. The number of esters is 1. The number of allylic oxidation sites excluding steroid dienone is 1. The number of hydrogen-bond acceptors (Lipinski definition) is 5. The van der Waals surface area contributed by atoms with E-state index >= 15 is 0 Å². The minimum atomic E-state index is -0.850. The van der Waals surface area contributed by atoms with Gasteiger partial charge in [-0.2, -0.15) is 0 Å². The van der Waals surface area contributed by atoms with E-state index in [9.17, 15) is 19.8 Å². The molecule has 338 valence electrons. The zero-order valence-electron chi connectivity index (χ0n) is 38.3. The number of ether oxygens (including phenoxy) is 1. The van der Waals surface area contributed by atoms with Crippen LogP contribution in [-0.4, -0.2) is 47.4 Å². The van der Waals surface area contributed by atoms with Crippen molar-refractivity contribution >= 4 is 11.9 Å². The molecule has 0 radical (unpaired) electrons. The Morgan fingerprint density at radius 3 is 1.19 bits per heavy atom. The van der Waals surface area contributed by atoms with Crippen LogP contribution in [0.3, 0.4) is 0 Å². The van der Waals surface area contributed by atoms with Crippen LogP contribution in [-0.2, 0) is 14.3 Å². The number of hydrogen-bond donors (Lipinski definition) is 3. The van der Waals surface area contributed by atoms with Gasteiger partial charge in [0, 0.05) is 12.8 Å². The Kier molecular flexibility index (Phi) is 46.1. The topological polar surface area (TPSA) is 95.9 Å². The second kappa shape index (κ2) is 47.3. The van der Waals surface area contributed by atoms with Crippen LogP contribution < -0.4 is 5.32 Å². The van der Waals surface area contributed by atoms with Crippen molar-refractivity contribution in [3.05, 3.63) is 12.2 Å². The number of unbranched alkanes of at least 4 members (excludes halogenated alkanes) is 36. The van der Waals surface area contributed by atoms with Crippen LogP contribution in [0.2, 0.25) is 0 Å². The molecule has 1 amide bonds. The first-order valence-corrected chi connectivity index (χ1v) is 25.5. The van der Waals surface area contributed by atoms with Crippen LogP contribution in [0.15, 0.2) is 12.2 Å². The summed E-state index contributed by atoms with van der Waals surface area (Å²) in [6.07, 6.45) is 53.5. The standard InChI is InChI=1S/C51H99NO5/c1-3-5-7-9-11-13-15-17-21-25-29-33-37-41-45-51(56)57-46-42-38-34-30-26-22-18-20-24-28-32-36-40-44-50(55)52-48(47-53)49(54)43-39-35-31-27-23-19-16-14-12-10-8-6-4-2/h39,43,48-49,53-54H,3-38,40-42,44-47H2,1-2H3,(H,52,55)/b43-39+. The molecule has 0 bridgehead atoms. The lowest BCUT2D eigenvalue weighted by molar-refractivity contribution is -0.143. The Balaban J connectivity index is 3.46. The molecule has 0 aliphatic rings. The van der Waals surface area contributed by atoms with Crippen molar-refractivity contribution < 1.29 is 24.5 Å². The van der Waals surface area contributed by atoms with E-state index < -0.39 is 12.1 Å². The Bertz CT molecular complexity index is 847. The highest BCUT2D eigenvalue weighted by molar-refractivity contribution is 5.76. The summed E-state index contributed by atoms with van der Waals surface area (Å²) in [5, 5.41) is 23.0. The molecule has 2 atom stereocenters. The van der Waals surface area contributed by atoms with Gasteiger partial charge in [0.1, 0.15) is 0 Å². The molecule has 0 heterocycles. The van der Waals surface area contributed by atoms with Crippen molar-refractivity contribution in [1.29, 1.82) is 0 Å². The van der Waals surface area contributed by atoms with Crippen molar-refractivity contribution in [3.8, 4) is 0 Å². The summed E-state index contributed by atoms with van der Waals surface area (Å²) >= 11 is 0. The fourth-order valence-electron chi connectivity index (χ4n) is 7.87. The number of rotatable bonds is 47. The molecular formula is C51H99NO5. The minimum absolute atomic E-state index is 0.00466. The minimum Gasteiger partial charge on any atom is -0.466 e. The normalized spacial score (nSPS) is 12.7. The number of amides is 1. The second-order valence-electron chi connectivity index (χ2n) is 17.5. The van der Waals surface area contributed by atoms with Gasteiger partial charge in [-0.1, -0.05) is 244 Å². The first-order chi connectivity index (χ1) is 28.0. The van der Waals surface area contributed by atoms with Crippen molar-refractivity contribution in [3.63, 3.8) is 0 Å². The molecule has 57 heavy (non-hydrogen) atoms. The number of nitrogens with one attached hydrogen (secondary N) is 1. The van der Waals surface area contributed by atoms with Crippen molar-refractivity contribution in [2.75, 3.05) is 13.2 Å². The predicted octanol–water partition coefficient (Wildman–Crippen LogP) is 15.0. The summed E-state index contributed by atoms with van der Waals surface area (Å²) < 4.78 is 5.46. The molecule has 6 nitrogen and oxygen atoms in total. The first-order valence-electron chi connectivity index (χ1n) is 25.5. The highest BCUT2D eigenvalue weighted by Gasteiger charge is 2.18. The maximum Gasteiger partial charge on any atom is 0.305 e. The summed E-state index contributed by atoms with van der Waals surface area (Å²) in [5.74, 6) is -0.0850. The zero-order valence-corrected chi connectivity index (χ0v) is 38.3. The SMILES string of the molecule is CCCCCCCCCCCCC/C=C/C(O)C(CO)NC(=O)CCCCCCCCCCCCCCCOC(=O)CCCCCCCCCCCCCCCC. The smallest absolute Gasteiger partial charge is 0.305 e. The molecule has 3 N–H and O–H groups in total. The lowest BCUT2D eigenvalue weighted by atomic mass is 10.0. The van der Waals surface area contributed by atoms with Crippen molar-refractivity contribution in [2.24, 2.45) is 0 Å². The number of carbonyl (C=O) groups excluding carboxylic acids is 2. The average molecular weight is 806 g/mol. The van der Waals surface area contributed by atoms with Gasteiger partial charge in [0.2, 0.25) is 5.91 Å². The Labute approximate surface area is 355 Å². The number of aliphatic hydroxyl groups excluding tert-OH is 2. The third kappa shape index (κ3) is 44.0. The fraction of sp³-hybridized carbons (Fsp3) is 0.922. The lowest BCUT2D eigenvalue weighted by Crippen LogP contribution is -2.45. The van der Waals surface area contributed by atoms with Gasteiger partial charge in [-0.25, -0.2) is 0 Å². The van der Waals surface area contributed by atoms with Gasteiger partial charge in [-0.3, -0.25) is 9.59 Å². The maximum absolute atomic E-state index is 12.4. The van der Waals surface area contributed by atoms with E-state index in [0.717, 1.165) is 57.8 Å². The van der Waals surface area contributed by atoms with Crippen LogP contribution in [0.5, 0.6) is 0 Å². The molecule has 0 saturated heterocycles. The third-order valence-corrected chi connectivity index (χ3v) is 11.8. The highest BCUT2D eigenvalue weighted by Crippen LogP contribution is 2.16. The second-order valence-corrected chi connectivity index (χ2v) is 17.5.